The average molecular weight is 263 g/mol. The molecule has 0 aromatic carbocycles. The van der Waals surface area contributed by atoms with Gasteiger partial charge < -0.3 is 15.5 Å². The normalized spacial score (nSPS) is 20.3. The van der Waals surface area contributed by atoms with Crippen molar-refractivity contribution in [3.05, 3.63) is 11.9 Å². The predicted molar refractivity (Wildman–Crippen MR) is 74.2 cm³/mol. The van der Waals surface area contributed by atoms with Gasteiger partial charge in [0.2, 0.25) is 0 Å². The van der Waals surface area contributed by atoms with Crippen LogP contribution in [0.2, 0.25) is 0 Å². The number of hydrogen-bond donors (Lipinski definition) is 2. The SMILES string of the molecule is CCNc1cc(NN2CCOCC2)nc(C2CC2)n1. The maximum Gasteiger partial charge on any atom is 0.146 e. The van der Waals surface area contributed by atoms with E-state index in [-0.39, 0.29) is 0 Å². The summed E-state index contributed by atoms with van der Waals surface area (Å²) in [6.45, 7) is 6.27. The standard InChI is InChI=1S/C13H21N5O/c1-2-14-11-9-12(16-13(15-11)10-3-4-10)17-18-5-7-19-8-6-18/h9-10H,2-8H2,1H3,(H2,14,15,16,17). The third-order valence-corrected chi connectivity index (χ3v) is 3.33. The fourth-order valence-electron chi connectivity index (χ4n) is 2.16. The molecule has 1 aliphatic heterocycles. The van der Waals surface area contributed by atoms with Crippen molar-refractivity contribution in [2.24, 2.45) is 0 Å². The summed E-state index contributed by atoms with van der Waals surface area (Å²) in [5.41, 5.74) is 3.36. The Morgan fingerprint density at radius 2 is 2.00 bits per heavy atom. The minimum atomic E-state index is 0.559. The lowest BCUT2D eigenvalue weighted by molar-refractivity contribution is 0.0495. The molecule has 0 radical (unpaired) electrons. The van der Waals surface area contributed by atoms with Crippen LogP contribution in [-0.2, 0) is 4.74 Å². The summed E-state index contributed by atoms with van der Waals surface area (Å²) < 4.78 is 5.34. The summed E-state index contributed by atoms with van der Waals surface area (Å²) in [4.78, 5) is 9.20. The summed E-state index contributed by atoms with van der Waals surface area (Å²) in [6.07, 6.45) is 2.43. The molecule has 0 unspecified atom stereocenters. The fraction of sp³-hybridized carbons (Fsp3) is 0.692. The molecular weight excluding hydrogens is 242 g/mol. The van der Waals surface area contributed by atoms with E-state index < -0.39 is 0 Å². The number of nitrogens with one attached hydrogen (secondary N) is 2. The van der Waals surface area contributed by atoms with Crippen molar-refractivity contribution >= 4 is 11.6 Å². The maximum absolute atomic E-state index is 5.34. The van der Waals surface area contributed by atoms with Gasteiger partial charge in [-0.25, -0.2) is 15.0 Å². The highest BCUT2D eigenvalue weighted by Crippen LogP contribution is 2.38. The van der Waals surface area contributed by atoms with Gasteiger partial charge in [-0.1, -0.05) is 0 Å². The first-order valence-corrected chi connectivity index (χ1v) is 7.07. The summed E-state index contributed by atoms with van der Waals surface area (Å²) >= 11 is 0. The Labute approximate surface area is 113 Å². The molecule has 0 amide bonds. The van der Waals surface area contributed by atoms with Crippen molar-refractivity contribution in [2.75, 3.05) is 43.6 Å². The Morgan fingerprint density at radius 1 is 1.26 bits per heavy atom. The Kier molecular flexibility index (Phi) is 3.79. The summed E-state index contributed by atoms with van der Waals surface area (Å²) in [6, 6.07) is 1.98. The molecule has 3 rings (SSSR count). The third-order valence-electron chi connectivity index (χ3n) is 3.33. The molecule has 104 valence electrons. The van der Waals surface area contributed by atoms with Crippen molar-refractivity contribution in [3.63, 3.8) is 0 Å². The smallest absolute Gasteiger partial charge is 0.146 e. The van der Waals surface area contributed by atoms with Crippen LogP contribution in [0.5, 0.6) is 0 Å². The van der Waals surface area contributed by atoms with E-state index in [2.05, 4.69) is 32.6 Å². The van der Waals surface area contributed by atoms with E-state index in [0.717, 1.165) is 50.3 Å². The number of morpholine rings is 1. The van der Waals surface area contributed by atoms with Crippen LogP contribution in [0.4, 0.5) is 11.6 Å². The Balaban J connectivity index is 1.74. The van der Waals surface area contributed by atoms with Crippen molar-refractivity contribution < 1.29 is 4.74 Å². The molecule has 1 saturated carbocycles. The van der Waals surface area contributed by atoms with Gasteiger partial charge in [-0.15, -0.1) is 0 Å². The Bertz CT molecular complexity index is 429. The van der Waals surface area contributed by atoms with Gasteiger partial charge in [-0.2, -0.15) is 0 Å². The predicted octanol–water partition coefficient (Wildman–Crippen LogP) is 1.44. The van der Waals surface area contributed by atoms with Gasteiger partial charge in [0.15, 0.2) is 0 Å². The van der Waals surface area contributed by atoms with Gasteiger partial charge in [0.05, 0.1) is 13.2 Å². The zero-order valence-electron chi connectivity index (χ0n) is 11.4. The molecule has 2 N–H and O–H groups in total. The molecule has 2 fully saturated rings. The van der Waals surface area contributed by atoms with Crippen molar-refractivity contribution in [1.82, 2.24) is 15.0 Å². The number of hydrogen-bond acceptors (Lipinski definition) is 6. The lowest BCUT2D eigenvalue weighted by atomic mass is 10.3. The molecule has 6 nitrogen and oxygen atoms in total. The van der Waals surface area contributed by atoms with Crippen LogP contribution in [-0.4, -0.2) is 47.8 Å². The zero-order chi connectivity index (χ0) is 13.1. The second-order valence-corrected chi connectivity index (χ2v) is 5.01. The molecule has 19 heavy (non-hydrogen) atoms. The second-order valence-electron chi connectivity index (χ2n) is 5.01. The number of hydrazine groups is 1. The van der Waals surface area contributed by atoms with E-state index in [1.807, 2.05) is 6.07 Å². The first kappa shape index (κ1) is 12.6. The van der Waals surface area contributed by atoms with E-state index in [4.69, 9.17) is 4.74 Å². The van der Waals surface area contributed by atoms with E-state index in [1.54, 1.807) is 0 Å². The first-order valence-electron chi connectivity index (χ1n) is 7.07. The number of aromatic nitrogens is 2. The van der Waals surface area contributed by atoms with Crippen LogP contribution in [0.3, 0.4) is 0 Å². The zero-order valence-corrected chi connectivity index (χ0v) is 11.4. The third kappa shape index (κ3) is 3.33. The van der Waals surface area contributed by atoms with Crippen molar-refractivity contribution in [3.8, 4) is 0 Å². The minimum Gasteiger partial charge on any atom is -0.379 e. The van der Waals surface area contributed by atoms with Crippen LogP contribution in [0.25, 0.3) is 0 Å². The summed E-state index contributed by atoms with van der Waals surface area (Å²) in [7, 11) is 0. The number of nitrogens with zero attached hydrogens (tertiary/aromatic N) is 3. The van der Waals surface area contributed by atoms with Crippen LogP contribution >= 0.6 is 0 Å². The Morgan fingerprint density at radius 3 is 2.68 bits per heavy atom. The number of anilines is 2. The summed E-state index contributed by atoms with van der Waals surface area (Å²) in [5, 5.41) is 5.42. The lowest BCUT2D eigenvalue weighted by Crippen LogP contribution is -2.40. The quantitative estimate of drug-likeness (QED) is 0.838. The average Bonchev–Trinajstić information content (AvgIpc) is 3.24. The largest absolute Gasteiger partial charge is 0.379 e. The minimum absolute atomic E-state index is 0.559. The van der Waals surface area contributed by atoms with Gasteiger partial charge in [0.25, 0.3) is 0 Å². The van der Waals surface area contributed by atoms with Gasteiger partial charge in [0, 0.05) is 31.6 Å². The molecule has 0 bridgehead atoms. The van der Waals surface area contributed by atoms with Crippen LogP contribution in [0, 0.1) is 0 Å². The number of ether oxygens (including phenoxy) is 1. The van der Waals surface area contributed by atoms with E-state index in [0.29, 0.717) is 5.92 Å². The number of rotatable bonds is 5. The van der Waals surface area contributed by atoms with Gasteiger partial charge in [0.1, 0.15) is 17.5 Å². The molecule has 2 heterocycles. The monoisotopic (exact) mass is 263 g/mol. The molecule has 0 spiro atoms. The second kappa shape index (κ2) is 5.71. The molecule has 1 aliphatic carbocycles. The molecular formula is C13H21N5O. The highest BCUT2D eigenvalue weighted by atomic mass is 16.5. The van der Waals surface area contributed by atoms with Crippen molar-refractivity contribution in [2.45, 2.75) is 25.7 Å². The van der Waals surface area contributed by atoms with E-state index in [1.165, 1.54) is 12.8 Å². The van der Waals surface area contributed by atoms with E-state index >= 15 is 0 Å². The van der Waals surface area contributed by atoms with Gasteiger partial charge >= 0.3 is 0 Å². The van der Waals surface area contributed by atoms with Crippen LogP contribution < -0.4 is 10.7 Å². The first-order chi connectivity index (χ1) is 9.35. The highest BCUT2D eigenvalue weighted by molar-refractivity contribution is 5.47. The Hall–Kier alpha value is -1.40. The maximum atomic E-state index is 5.34. The highest BCUT2D eigenvalue weighted by Gasteiger charge is 2.27. The molecule has 2 aliphatic rings. The molecule has 1 aromatic heterocycles. The summed E-state index contributed by atoms with van der Waals surface area (Å²) in [5.74, 6) is 3.32. The van der Waals surface area contributed by atoms with Gasteiger partial charge in [-0.05, 0) is 19.8 Å². The van der Waals surface area contributed by atoms with Crippen molar-refractivity contribution in [1.29, 1.82) is 0 Å². The molecule has 0 atom stereocenters. The van der Waals surface area contributed by atoms with Crippen LogP contribution in [0.15, 0.2) is 6.07 Å². The topological polar surface area (TPSA) is 62.3 Å². The molecule has 6 heteroatoms. The van der Waals surface area contributed by atoms with Crippen LogP contribution in [0.1, 0.15) is 31.5 Å². The molecule has 1 aromatic rings. The fourth-order valence-corrected chi connectivity index (χ4v) is 2.16. The van der Waals surface area contributed by atoms with Gasteiger partial charge in [-0.3, -0.25) is 0 Å². The van der Waals surface area contributed by atoms with E-state index in [9.17, 15) is 0 Å². The lowest BCUT2D eigenvalue weighted by Gasteiger charge is -2.27. The molecule has 1 saturated heterocycles.